The van der Waals surface area contributed by atoms with E-state index in [0.717, 1.165) is 76.4 Å². The summed E-state index contributed by atoms with van der Waals surface area (Å²) < 4.78 is 0. The molecule has 0 aromatic heterocycles. The van der Waals surface area contributed by atoms with E-state index in [1.807, 2.05) is 12.1 Å². The predicted octanol–water partition coefficient (Wildman–Crippen LogP) is 4.08. The van der Waals surface area contributed by atoms with Gasteiger partial charge >= 0.3 is 0 Å². The molecular weight excluding hydrogens is 476 g/mol. The number of amides is 2. The first kappa shape index (κ1) is 27.7. The molecule has 2 saturated heterocycles. The van der Waals surface area contributed by atoms with Gasteiger partial charge in [0, 0.05) is 89.2 Å². The number of piperidine rings is 2. The van der Waals surface area contributed by atoms with Crippen molar-refractivity contribution in [2.24, 2.45) is 10.2 Å². The molecule has 4 rings (SSSR count). The summed E-state index contributed by atoms with van der Waals surface area (Å²) in [6.07, 6.45) is 5.55. The largest absolute Gasteiger partial charge is 0.298 e. The third-order valence-corrected chi connectivity index (χ3v) is 7.10. The van der Waals surface area contributed by atoms with Crippen LogP contribution in [0.2, 0.25) is 0 Å². The van der Waals surface area contributed by atoms with Gasteiger partial charge in [-0.1, -0.05) is 60.7 Å². The third kappa shape index (κ3) is 9.84. The lowest BCUT2D eigenvalue weighted by Gasteiger charge is -2.27. The molecule has 8 nitrogen and oxygen atoms in total. The average Bonchev–Trinajstić information content (AvgIpc) is 2.96. The summed E-state index contributed by atoms with van der Waals surface area (Å²) in [6.45, 7) is 5.72. The molecule has 0 aliphatic carbocycles. The summed E-state index contributed by atoms with van der Waals surface area (Å²) in [6, 6.07) is 21.0. The van der Waals surface area contributed by atoms with Crippen LogP contribution in [0.15, 0.2) is 70.9 Å². The summed E-state index contributed by atoms with van der Waals surface area (Å²) in [5.41, 5.74) is 10.1. The van der Waals surface area contributed by atoms with Crippen molar-refractivity contribution in [3.05, 3.63) is 71.8 Å². The molecule has 2 aliphatic rings. The van der Waals surface area contributed by atoms with Crippen LogP contribution in [0.5, 0.6) is 0 Å². The Bertz CT molecular complexity index is 979. The van der Waals surface area contributed by atoms with Crippen LogP contribution in [-0.4, -0.2) is 59.2 Å². The molecule has 0 saturated carbocycles. The minimum Gasteiger partial charge on any atom is -0.298 e. The molecular formula is C30H40N6O2. The van der Waals surface area contributed by atoms with Crippen LogP contribution in [-0.2, 0) is 22.7 Å². The maximum atomic E-state index is 12.2. The number of nitrogens with one attached hydrogen (secondary N) is 2. The molecule has 0 bridgehead atoms. The van der Waals surface area contributed by atoms with Crippen LogP contribution < -0.4 is 10.9 Å². The topological polar surface area (TPSA) is 89.4 Å². The maximum Gasteiger partial charge on any atom is 0.240 e. The van der Waals surface area contributed by atoms with Crippen molar-refractivity contribution in [3.63, 3.8) is 0 Å². The molecule has 2 heterocycles. The lowest BCUT2D eigenvalue weighted by Crippen LogP contribution is -2.34. The summed E-state index contributed by atoms with van der Waals surface area (Å²) in [5.74, 6) is -0.181. The van der Waals surface area contributed by atoms with Crippen LogP contribution in [0.4, 0.5) is 0 Å². The molecule has 202 valence electrons. The lowest BCUT2D eigenvalue weighted by atomic mass is 10.1. The van der Waals surface area contributed by atoms with Crippen molar-refractivity contribution >= 4 is 23.2 Å². The van der Waals surface area contributed by atoms with Crippen molar-refractivity contribution in [3.8, 4) is 0 Å². The first-order valence-electron chi connectivity index (χ1n) is 13.8. The van der Waals surface area contributed by atoms with E-state index in [-0.39, 0.29) is 11.8 Å². The number of carbonyl (C=O) groups excluding carboxylic acids is 2. The Hall–Kier alpha value is -3.36. The summed E-state index contributed by atoms with van der Waals surface area (Å²) in [7, 11) is 0. The number of rotatable bonds is 11. The highest BCUT2D eigenvalue weighted by atomic mass is 16.2. The van der Waals surface area contributed by atoms with Gasteiger partial charge in [-0.3, -0.25) is 19.4 Å². The Morgan fingerprint density at radius 2 is 0.974 bits per heavy atom. The molecule has 2 aromatic carbocycles. The number of likely N-dealkylation sites (tertiary alicyclic amines) is 2. The fraction of sp³-hybridized carbons (Fsp3) is 0.467. The number of carbonyl (C=O) groups is 2. The molecule has 8 heteroatoms. The minimum absolute atomic E-state index is 0.0906. The molecule has 0 radical (unpaired) electrons. The molecule has 2 fully saturated rings. The molecule has 2 aliphatic heterocycles. The molecule has 2 aromatic rings. The zero-order chi connectivity index (χ0) is 26.4. The Morgan fingerprint density at radius 1 is 0.605 bits per heavy atom. The van der Waals surface area contributed by atoms with Crippen LogP contribution in [0, 0.1) is 0 Å². The van der Waals surface area contributed by atoms with E-state index < -0.39 is 0 Å². The number of unbranched alkanes of at least 4 members (excludes halogenated alkanes) is 1. The SMILES string of the molecule is O=C(CCCCC(=O)NN=C1CCN(Cc2ccccc2)CC1)NN=C1CCN(Cc2ccccc2)CC1. The van der Waals surface area contributed by atoms with E-state index in [0.29, 0.717) is 25.7 Å². The van der Waals surface area contributed by atoms with Gasteiger partial charge in [-0.15, -0.1) is 0 Å². The number of hydrazone groups is 2. The van der Waals surface area contributed by atoms with Gasteiger partial charge in [-0.25, -0.2) is 10.9 Å². The Kier molecular flexibility index (Phi) is 11.0. The van der Waals surface area contributed by atoms with Crippen molar-refractivity contribution in [1.29, 1.82) is 0 Å². The van der Waals surface area contributed by atoms with E-state index in [9.17, 15) is 9.59 Å². The minimum atomic E-state index is -0.0906. The Morgan fingerprint density at radius 3 is 1.34 bits per heavy atom. The van der Waals surface area contributed by atoms with Gasteiger partial charge in [0.2, 0.25) is 11.8 Å². The fourth-order valence-corrected chi connectivity index (χ4v) is 4.81. The zero-order valence-electron chi connectivity index (χ0n) is 22.3. The lowest BCUT2D eigenvalue weighted by molar-refractivity contribution is -0.123. The van der Waals surface area contributed by atoms with Gasteiger partial charge in [0.05, 0.1) is 0 Å². The van der Waals surface area contributed by atoms with Crippen molar-refractivity contribution in [2.75, 3.05) is 26.2 Å². The summed E-state index contributed by atoms with van der Waals surface area (Å²) in [4.78, 5) is 29.1. The predicted molar refractivity (Wildman–Crippen MR) is 152 cm³/mol. The van der Waals surface area contributed by atoms with E-state index in [4.69, 9.17) is 0 Å². The highest BCUT2D eigenvalue weighted by Crippen LogP contribution is 2.13. The number of benzene rings is 2. The number of hydrogen-bond acceptors (Lipinski definition) is 6. The van der Waals surface area contributed by atoms with Crippen molar-refractivity contribution in [2.45, 2.75) is 64.5 Å². The van der Waals surface area contributed by atoms with E-state index >= 15 is 0 Å². The molecule has 2 amide bonds. The second kappa shape index (κ2) is 15.1. The van der Waals surface area contributed by atoms with Crippen LogP contribution in [0.3, 0.4) is 0 Å². The van der Waals surface area contributed by atoms with Crippen LogP contribution in [0.1, 0.15) is 62.5 Å². The maximum absolute atomic E-state index is 12.2. The van der Waals surface area contributed by atoms with Gasteiger partial charge in [-0.05, 0) is 24.0 Å². The van der Waals surface area contributed by atoms with Gasteiger partial charge in [0.15, 0.2) is 0 Å². The van der Waals surface area contributed by atoms with Gasteiger partial charge in [-0.2, -0.15) is 10.2 Å². The highest BCUT2D eigenvalue weighted by Gasteiger charge is 2.17. The average molecular weight is 517 g/mol. The van der Waals surface area contributed by atoms with E-state index in [1.54, 1.807) is 0 Å². The molecule has 0 atom stereocenters. The van der Waals surface area contributed by atoms with Crippen molar-refractivity contribution in [1.82, 2.24) is 20.7 Å². The van der Waals surface area contributed by atoms with E-state index in [1.165, 1.54) is 11.1 Å². The van der Waals surface area contributed by atoms with Crippen LogP contribution in [0.25, 0.3) is 0 Å². The second-order valence-corrected chi connectivity index (χ2v) is 10.2. The fourth-order valence-electron chi connectivity index (χ4n) is 4.81. The quantitative estimate of drug-likeness (QED) is 0.348. The van der Waals surface area contributed by atoms with Crippen molar-refractivity contribution < 1.29 is 9.59 Å². The summed E-state index contributed by atoms with van der Waals surface area (Å²) >= 11 is 0. The first-order valence-corrected chi connectivity index (χ1v) is 13.8. The Balaban J connectivity index is 1.03. The van der Waals surface area contributed by atoms with Gasteiger partial charge < -0.3 is 0 Å². The second-order valence-electron chi connectivity index (χ2n) is 10.2. The van der Waals surface area contributed by atoms with E-state index in [2.05, 4.69) is 79.4 Å². The Labute approximate surface area is 226 Å². The smallest absolute Gasteiger partial charge is 0.240 e. The first-order chi connectivity index (χ1) is 18.6. The monoisotopic (exact) mass is 516 g/mol. The normalized spacial score (nSPS) is 16.6. The third-order valence-electron chi connectivity index (χ3n) is 7.10. The number of hydrogen-bond donors (Lipinski definition) is 2. The highest BCUT2D eigenvalue weighted by molar-refractivity contribution is 5.88. The zero-order valence-corrected chi connectivity index (χ0v) is 22.3. The number of nitrogens with zero attached hydrogens (tertiary/aromatic N) is 4. The standard InChI is InChI=1S/C30H40N6O2/c37-29(33-31-27-15-19-35(20-16-27)23-25-9-3-1-4-10-25)13-7-8-14-30(38)34-32-28-17-21-36(22-18-28)24-26-11-5-2-6-12-26/h1-6,9-12H,7-8,13-24H2,(H,33,37)(H,34,38). The molecule has 0 spiro atoms. The molecule has 2 N–H and O–H groups in total. The van der Waals surface area contributed by atoms with Gasteiger partial charge in [0.1, 0.15) is 0 Å². The molecule has 0 unspecified atom stereocenters. The van der Waals surface area contributed by atoms with Gasteiger partial charge in [0.25, 0.3) is 0 Å². The van der Waals surface area contributed by atoms with Crippen LogP contribution >= 0.6 is 0 Å². The summed E-state index contributed by atoms with van der Waals surface area (Å²) in [5, 5.41) is 8.68. The molecule has 38 heavy (non-hydrogen) atoms.